The SMILES string of the molecule is CCCNC(=O)CSc1nnc(SCC(=O)Nc2nc(CC(=O)OCC)cs2)s1. The van der Waals surface area contributed by atoms with Gasteiger partial charge in [-0.2, -0.15) is 0 Å². The minimum Gasteiger partial charge on any atom is -0.466 e. The molecule has 158 valence electrons. The van der Waals surface area contributed by atoms with Crippen LogP contribution in [0.15, 0.2) is 14.1 Å². The standard InChI is InChI=1S/C16H21N5O4S4/c1-3-5-17-11(22)8-27-15-20-21-16(29-15)28-9-12(23)19-14-18-10(7-26-14)6-13(24)25-4-2/h7H,3-6,8-9H2,1-2H3,(H,17,22)(H,18,19,23). The first-order valence-corrected chi connectivity index (χ1v) is 12.4. The Morgan fingerprint density at radius 2 is 1.79 bits per heavy atom. The average Bonchev–Trinajstić information content (AvgIpc) is 3.32. The molecule has 2 aromatic rings. The van der Waals surface area contributed by atoms with Gasteiger partial charge in [0.1, 0.15) is 0 Å². The normalized spacial score (nSPS) is 10.6. The summed E-state index contributed by atoms with van der Waals surface area (Å²) in [6.45, 7) is 4.72. The van der Waals surface area contributed by atoms with Gasteiger partial charge in [0.05, 0.1) is 30.2 Å². The van der Waals surface area contributed by atoms with Crippen molar-refractivity contribution in [1.82, 2.24) is 20.5 Å². The van der Waals surface area contributed by atoms with E-state index in [9.17, 15) is 14.4 Å². The number of thiazole rings is 1. The fourth-order valence-corrected chi connectivity index (χ4v) is 5.22. The van der Waals surface area contributed by atoms with Crippen molar-refractivity contribution >= 4 is 69.1 Å². The van der Waals surface area contributed by atoms with Gasteiger partial charge < -0.3 is 15.4 Å². The molecule has 0 saturated carbocycles. The number of carbonyl (C=O) groups excluding carboxylic acids is 3. The number of ether oxygens (including phenoxy) is 1. The zero-order chi connectivity index (χ0) is 21.1. The summed E-state index contributed by atoms with van der Waals surface area (Å²) < 4.78 is 6.21. The first kappa shape index (κ1) is 23.6. The van der Waals surface area contributed by atoms with E-state index < -0.39 is 0 Å². The van der Waals surface area contributed by atoms with Gasteiger partial charge in [-0.3, -0.25) is 14.4 Å². The van der Waals surface area contributed by atoms with Crippen LogP contribution in [0.3, 0.4) is 0 Å². The summed E-state index contributed by atoms with van der Waals surface area (Å²) >= 11 is 5.18. The Morgan fingerprint density at radius 3 is 2.45 bits per heavy atom. The third-order valence-electron chi connectivity index (χ3n) is 3.04. The highest BCUT2D eigenvalue weighted by molar-refractivity contribution is 8.03. The minimum absolute atomic E-state index is 0.0357. The summed E-state index contributed by atoms with van der Waals surface area (Å²) in [6.07, 6.45) is 0.975. The number of nitrogens with one attached hydrogen (secondary N) is 2. The van der Waals surface area contributed by atoms with Gasteiger partial charge in [0, 0.05) is 11.9 Å². The molecule has 2 heterocycles. The van der Waals surface area contributed by atoms with Crippen molar-refractivity contribution in [1.29, 1.82) is 0 Å². The Bertz CT molecular complexity index is 826. The molecule has 0 atom stereocenters. The van der Waals surface area contributed by atoms with E-state index >= 15 is 0 Å². The van der Waals surface area contributed by atoms with E-state index in [4.69, 9.17) is 4.74 Å². The molecule has 9 nitrogen and oxygen atoms in total. The number of rotatable bonds is 12. The van der Waals surface area contributed by atoms with Gasteiger partial charge >= 0.3 is 5.97 Å². The lowest BCUT2D eigenvalue weighted by Gasteiger charge is -2.00. The Balaban J connectivity index is 1.71. The number of thioether (sulfide) groups is 2. The number of amides is 2. The largest absolute Gasteiger partial charge is 0.466 e. The van der Waals surface area contributed by atoms with Gasteiger partial charge in [-0.05, 0) is 13.3 Å². The lowest BCUT2D eigenvalue weighted by Crippen LogP contribution is -2.25. The van der Waals surface area contributed by atoms with Gasteiger partial charge in [0.15, 0.2) is 13.8 Å². The van der Waals surface area contributed by atoms with Crippen LogP contribution in [0.2, 0.25) is 0 Å². The second-order valence-corrected chi connectivity index (χ2v) is 9.72. The van der Waals surface area contributed by atoms with Crippen molar-refractivity contribution in [3.05, 3.63) is 11.1 Å². The predicted octanol–water partition coefficient (Wildman–Crippen LogP) is 2.45. The highest BCUT2D eigenvalue weighted by Gasteiger charge is 2.13. The number of aromatic nitrogens is 3. The van der Waals surface area contributed by atoms with Crippen LogP contribution in [0.4, 0.5) is 5.13 Å². The van der Waals surface area contributed by atoms with Gasteiger partial charge in [-0.25, -0.2) is 4.98 Å². The molecule has 2 aromatic heterocycles. The van der Waals surface area contributed by atoms with Crippen LogP contribution >= 0.6 is 46.2 Å². The molecule has 2 N–H and O–H groups in total. The van der Waals surface area contributed by atoms with E-state index in [0.717, 1.165) is 6.42 Å². The Labute approximate surface area is 184 Å². The lowest BCUT2D eigenvalue weighted by molar-refractivity contribution is -0.142. The van der Waals surface area contributed by atoms with E-state index in [0.29, 0.717) is 32.7 Å². The highest BCUT2D eigenvalue weighted by Crippen LogP contribution is 2.28. The first-order valence-electron chi connectivity index (χ1n) is 8.75. The Morgan fingerprint density at radius 1 is 1.10 bits per heavy atom. The molecule has 0 saturated heterocycles. The quantitative estimate of drug-likeness (QED) is 0.352. The van der Waals surface area contributed by atoms with Crippen LogP contribution in [0.1, 0.15) is 26.0 Å². The fourth-order valence-electron chi connectivity index (χ4n) is 1.84. The van der Waals surface area contributed by atoms with E-state index in [-0.39, 0.29) is 35.7 Å². The van der Waals surface area contributed by atoms with Crippen LogP contribution in [-0.4, -0.2) is 57.6 Å². The van der Waals surface area contributed by atoms with Gasteiger partial charge in [-0.1, -0.05) is 41.8 Å². The topological polar surface area (TPSA) is 123 Å². The zero-order valence-corrected chi connectivity index (χ0v) is 19.2. The fraction of sp³-hybridized carbons (Fsp3) is 0.500. The van der Waals surface area contributed by atoms with E-state index in [1.54, 1.807) is 12.3 Å². The number of hydrogen-bond acceptors (Lipinski definition) is 11. The van der Waals surface area contributed by atoms with Crippen molar-refractivity contribution in [3.8, 4) is 0 Å². The summed E-state index contributed by atoms with van der Waals surface area (Å²) in [5, 5.41) is 15.7. The van der Waals surface area contributed by atoms with E-state index in [1.807, 2.05) is 6.92 Å². The molecule has 29 heavy (non-hydrogen) atoms. The molecule has 0 unspecified atom stereocenters. The van der Waals surface area contributed by atoms with E-state index in [1.165, 1.54) is 46.2 Å². The highest BCUT2D eigenvalue weighted by atomic mass is 32.2. The molecular weight excluding hydrogens is 454 g/mol. The summed E-state index contributed by atoms with van der Waals surface area (Å²) in [4.78, 5) is 39.3. The number of anilines is 1. The van der Waals surface area contributed by atoms with Gasteiger partial charge in [0.25, 0.3) is 0 Å². The molecule has 0 aromatic carbocycles. The first-order chi connectivity index (χ1) is 14.0. The maximum Gasteiger partial charge on any atom is 0.311 e. The van der Waals surface area contributed by atoms with Gasteiger partial charge in [-0.15, -0.1) is 21.5 Å². The van der Waals surface area contributed by atoms with Crippen molar-refractivity contribution in [2.24, 2.45) is 0 Å². The Kier molecular flexibility index (Phi) is 10.4. The molecule has 0 spiro atoms. The summed E-state index contributed by atoms with van der Waals surface area (Å²) in [6, 6.07) is 0. The monoisotopic (exact) mass is 475 g/mol. The number of nitrogens with zero attached hydrogens (tertiary/aromatic N) is 3. The van der Waals surface area contributed by atoms with Crippen LogP contribution < -0.4 is 10.6 Å². The number of esters is 1. The lowest BCUT2D eigenvalue weighted by atomic mass is 10.3. The number of carbonyl (C=O) groups is 3. The van der Waals surface area contributed by atoms with Crippen molar-refractivity contribution in [3.63, 3.8) is 0 Å². The van der Waals surface area contributed by atoms with Crippen LogP contribution in [0, 0.1) is 0 Å². The van der Waals surface area contributed by atoms with Crippen molar-refractivity contribution in [2.45, 2.75) is 35.4 Å². The smallest absolute Gasteiger partial charge is 0.311 e. The average molecular weight is 476 g/mol. The van der Waals surface area contributed by atoms with Crippen LogP contribution in [0.25, 0.3) is 0 Å². The minimum atomic E-state index is -0.348. The summed E-state index contributed by atoms with van der Waals surface area (Å²) in [7, 11) is 0. The second-order valence-electron chi connectivity index (χ2n) is 5.44. The maximum absolute atomic E-state index is 12.1. The third-order valence-corrected chi connectivity index (χ3v) is 7.04. The molecule has 13 heteroatoms. The zero-order valence-electron chi connectivity index (χ0n) is 15.9. The maximum atomic E-state index is 12.1. The molecule has 0 fully saturated rings. The van der Waals surface area contributed by atoms with Crippen molar-refractivity contribution in [2.75, 3.05) is 30.0 Å². The molecule has 0 radical (unpaired) electrons. The van der Waals surface area contributed by atoms with Crippen LogP contribution in [0.5, 0.6) is 0 Å². The molecule has 0 aliphatic heterocycles. The van der Waals surface area contributed by atoms with Crippen LogP contribution in [-0.2, 0) is 25.5 Å². The van der Waals surface area contributed by atoms with Gasteiger partial charge in [0.2, 0.25) is 11.8 Å². The second kappa shape index (κ2) is 12.8. The molecule has 0 aliphatic rings. The van der Waals surface area contributed by atoms with E-state index in [2.05, 4.69) is 25.8 Å². The predicted molar refractivity (Wildman–Crippen MR) is 116 cm³/mol. The molecule has 2 rings (SSSR count). The molecule has 0 bridgehead atoms. The molecular formula is C16H21N5O4S4. The molecule has 2 amide bonds. The summed E-state index contributed by atoms with van der Waals surface area (Å²) in [5.74, 6) is -0.165. The molecule has 0 aliphatic carbocycles. The van der Waals surface area contributed by atoms with Crippen molar-refractivity contribution < 1.29 is 19.1 Å². The summed E-state index contributed by atoms with van der Waals surface area (Å²) in [5.41, 5.74) is 0.560. The Hall–Kier alpha value is -1.70. The number of hydrogen-bond donors (Lipinski definition) is 2. The third kappa shape index (κ3) is 9.10.